The van der Waals surface area contributed by atoms with Gasteiger partial charge in [0.2, 0.25) is 0 Å². The lowest BCUT2D eigenvalue weighted by molar-refractivity contribution is -0.135. The smallest absolute Gasteiger partial charge is 0.356 e. The second-order valence-electron chi connectivity index (χ2n) is 8.59. The summed E-state index contributed by atoms with van der Waals surface area (Å²) in [6.07, 6.45) is 3.28. The summed E-state index contributed by atoms with van der Waals surface area (Å²) in [5, 5.41) is 0. The molecule has 0 N–H and O–H groups in total. The Balaban J connectivity index is 1.63. The first-order chi connectivity index (χ1) is 15.2. The van der Waals surface area contributed by atoms with E-state index in [1.54, 1.807) is 18.9 Å². The maximum Gasteiger partial charge on any atom is 0.356 e. The number of rotatable bonds is 8. The van der Waals surface area contributed by atoms with Gasteiger partial charge in [0.1, 0.15) is 11.5 Å². The largest absolute Gasteiger partial charge is 0.497 e. The van der Waals surface area contributed by atoms with Gasteiger partial charge in [-0.25, -0.2) is 13.2 Å². The van der Waals surface area contributed by atoms with Gasteiger partial charge in [-0.3, -0.25) is 9.79 Å². The van der Waals surface area contributed by atoms with Crippen molar-refractivity contribution in [3.8, 4) is 5.75 Å². The fraction of sp³-hybridized carbons (Fsp3) is 0.522. The second-order valence-corrected chi connectivity index (χ2v) is 11.0. The molecule has 9 heteroatoms. The Labute approximate surface area is 188 Å². The van der Waals surface area contributed by atoms with Gasteiger partial charge < -0.3 is 14.4 Å². The van der Waals surface area contributed by atoms with E-state index >= 15 is 0 Å². The van der Waals surface area contributed by atoms with Crippen LogP contribution >= 0.6 is 0 Å². The zero-order chi connectivity index (χ0) is 23.1. The van der Waals surface area contributed by atoms with Gasteiger partial charge >= 0.3 is 5.97 Å². The zero-order valence-electron chi connectivity index (χ0n) is 18.6. The lowest BCUT2D eigenvalue weighted by atomic mass is 9.91. The van der Waals surface area contributed by atoms with E-state index in [0.717, 1.165) is 11.3 Å². The molecule has 1 saturated carbocycles. The molecule has 1 aromatic rings. The van der Waals surface area contributed by atoms with E-state index in [4.69, 9.17) is 9.47 Å². The third kappa shape index (κ3) is 4.05. The number of hydrogen-bond acceptors (Lipinski definition) is 7. The normalized spacial score (nSPS) is 21.8. The molecule has 2 aliphatic heterocycles. The highest BCUT2D eigenvalue weighted by Gasteiger charge is 2.54. The van der Waals surface area contributed by atoms with Crippen LogP contribution in [0.1, 0.15) is 31.7 Å². The first kappa shape index (κ1) is 22.5. The molecule has 32 heavy (non-hydrogen) atoms. The van der Waals surface area contributed by atoms with Crippen molar-refractivity contribution in [2.45, 2.75) is 43.4 Å². The second kappa shape index (κ2) is 8.35. The minimum atomic E-state index is -3.26. The van der Waals surface area contributed by atoms with Crippen molar-refractivity contribution in [2.24, 2.45) is 4.99 Å². The number of aliphatic imine (C=N–C) groups is 1. The van der Waals surface area contributed by atoms with Gasteiger partial charge in [-0.2, -0.15) is 0 Å². The van der Waals surface area contributed by atoms with Gasteiger partial charge in [-0.15, -0.1) is 0 Å². The van der Waals surface area contributed by atoms with Crippen LogP contribution in [0.4, 0.5) is 0 Å². The van der Waals surface area contributed by atoms with E-state index in [9.17, 15) is 18.0 Å². The van der Waals surface area contributed by atoms with E-state index in [2.05, 4.69) is 4.99 Å². The number of amides is 1. The van der Waals surface area contributed by atoms with Crippen molar-refractivity contribution in [2.75, 3.05) is 33.1 Å². The molecular weight excluding hydrogens is 432 g/mol. The Morgan fingerprint density at radius 1 is 1.25 bits per heavy atom. The molecule has 1 amide bonds. The number of sulfone groups is 1. The van der Waals surface area contributed by atoms with Gasteiger partial charge in [0, 0.05) is 24.9 Å². The number of methoxy groups -OCH3 is 1. The monoisotopic (exact) mass is 460 g/mol. The molecule has 0 aromatic heterocycles. The van der Waals surface area contributed by atoms with E-state index in [-0.39, 0.29) is 24.8 Å². The van der Waals surface area contributed by atoms with Gasteiger partial charge in [0.15, 0.2) is 9.84 Å². The van der Waals surface area contributed by atoms with Crippen molar-refractivity contribution < 1.29 is 27.5 Å². The van der Waals surface area contributed by atoms with Crippen molar-refractivity contribution in [3.05, 3.63) is 41.0 Å². The van der Waals surface area contributed by atoms with Crippen LogP contribution in [0.15, 0.2) is 40.4 Å². The highest BCUT2D eigenvalue weighted by molar-refractivity contribution is 7.92. The summed E-state index contributed by atoms with van der Waals surface area (Å²) in [5.74, 6) is -0.0257. The van der Waals surface area contributed by atoms with Crippen LogP contribution in [0.5, 0.6) is 5.75 Å². The number of benzene rings is 1. The number of ether oxygens (including phenoxy) is 2. The average molecular weight is 461 g/mol. The highest BCUT2D eigenvalue weighted by Crippen LogP contribution is 2.45. The Morgan fingerprint density at radius 2 is 1.94 bits per heavy atom. The lowest BCUT2D eigenvalue weighted by Crippen LogP contribution is -2.46. The zero-order valence-corrected chi connectivity index (χ0v) is 19.4. The van der Waals surface area contributed by atoms with E-state index in [1.807, 2.05) is 24.3 Å². The molecule has 172 valence electrons. The molecule has 1 atom stereocenters. The van der Waals surface area contributed by atoms with Gasteiger partial charge in [0.05, 0.1) is 24.5 Å². The summed E-state index contributed by atoms with van der Waals surface area (Å²) < 4.78 is 34.0. The fourth-order valence-electron chi connectivity index (χ4n) is 4.46. The SMILES string of the molecule is CCOC(=O)C1=NC(Cc2ccc(OC)cc2)C2=C1CCN(CC1(S(C)(=O)=O)CC1)C2=O. The van der Waals surface area contributed by atoms with E-state index in [0.29, 0.717) is 43.4 Å². The van der Waals surface area contributed by atoms with E-state index < -0.39 is 26.6 Å². The molecule has 0 saturated heterocycles. The molecule has 1 aliphatic carbocycles. The van der Waals surface area contributed by atoms with Crippen LogP contribution in [-0.2, 0) is 30.6 Å². The summed E-state index contributed by atoms with van der Waals surface area (Å²) in [6.45, 7) is 2.50. The topological polar surface area (TPSA) is 102 Å². The summed E-state index contributed by atoms with van der Waals surface area (Å²) in [7, 11) is -1.67. The molecule has 1 aromatic carbocycles. The van der Waals surface area contributed by atoms with Crippen LogP contribution in [-0.4, -0.2) is 74.8 Å². The van der Waals surface area contributed by atoms with Crippen LogP contribution in [0, 0.1) is 0 Å². The Hall–Kier alpha value is -2.68. The summed E-state index contributed by atoms with van der Waals surface area (Å²) >= 11 is 0. The number of carbonyl (C=O) groups is 2. The van der Waals surface area contributed by atoms with Crippen molar-refractivity contribution in [3.63, 3.8) is 0 Å². The first-order valence-electron chi connectivity index (χ1n) is 10.8. The third-order valence-corrected chi connectivity index (χ3v) is 8.62. The van der Waals surface area contributed by atoms with Gasteiger partial charge in [-0.05, 0) is 55.9 Å². The number of esters is 1. The summed E-state index contributed by atoms with van der Waals surface area (Å²) in [6, 6.07) is 6.98. The molecule has 0 radical (unpaired) electrons. The molecule has 1 fully saturated rings. The van der Waals surface area contributed by atoms with Crippen LogP contribution in [0.3, 0.4) is 0 Å². The molecule has 2 heterocycles. The highest BCUT2D eigenvalue weighted by atomic mass is 32.2. The molecule has 3 aliphatic rings. The molecule has 0 spiro atoms. The maximum absolute atomic E-state index is 13.5. The van der Waals surface area contributed by atoms with Gasteiger partial charge in [-0.1, -0.05) is 12.1 Å². The van der Waals surface area contributed by atoms with Gasteiger partial charge in [0.25, 0.3) is 5.91 Å². The molecule has 8 nitrogen and oxygen atoms in total. The van der Waals surface area contributed by atoms with Crippen LogP contribution < -0.4 is 4.74 Å². The van der Waals surface area contributed by atoms with Crippen molar-refractivity contribution >= 4 is 27.4 Å². The molecule has 4 rings (SSSR count). The number of nitrogens with zero attached hydrogens (tertiary/aromatic N) is 2. The fourth-order valence-corrected chi connectivity index (χ4v) is 5.70. The van der Waals surface area contributed by atoms with Crippen molar-refractivity contribution in [1.29, 1.82) is 0 Å². The van der Waals surface area contributed by atoms with E-state index in [1.165, 1.54) is 6.26 Å². The number of hydrogen-bond donors (Lipinski definition) is 0. The van der Waals surface area contributed by atoms with Crippen LogP contribution in [0.25, 0.3) is 0 Å². The lowest BCUT2D eigenvalue weighted by Gasteiger charge is -2.32. The molecule has 0 bridgehead atoms. The van der Waals surface area contributed by atoms with Crippen LogP contribution in [0.2, 0.25) is 0 Å². The minimum Gasteiger partial charge on any atom is -0.497 e. The first-order valence-corrected chi connectivity index (χ1v) is 12.7. The minimum absolute atomic E-state index is 0.186. The predicted octanol–water partition coefficient (Wildman–Crippen LogP) is 1.73. The third-order valence-electron chi connectivity index (χ3n) is 6.51. The Morgan fingerprint density at radius 3 is 2.50 bits per heavy atom. The molecule has 1 unspecified atom stereocenters. The standard InChI is InChI=1S/C23H28N2O6S/c1-4-31-22(27)20-17-9-12-25(14-23(10-11-23)32(3,28)29)21(26)19(17)18(24-20)13-15-5-7-16(30-2)8-6-15/h5-8,18H,4,9-14H2,1-3H3. The maximum atomic E-state index is 13.5. The average Bonchev–Trinajstić information content (AvgIpc) is 3.46. The Kier molecular flexibility index (Phi) is 5.87. The Bertz CT molecular complexity index is 1100. The quantitative estimate of drug-likeness (QED) is 0.548. The molecular formula is C23H28N2O6S. The predicted molar refractivity (Wildman–Crippen MR) is 120 cm³/mol. The summed E-state index contributed by atoms with van der Waals surface area (Å²) in [4.78, 5) is 32.3. The summed E-state index contributed by atoms with van der Waals surface area (Å²) in [5.41, 5.74) is 2.29. The van der Waals surface area contributed by atoms with Crippen molar-refractivity contribution in [1.82, 2.24) is 4.90 Å². The number of carbonyl (C=O) groups excluding carboxylic acids is 2.